The van der Waals surface area contributed by atoms with Crippen LogP contribution < -0.4 is 9.47 Å². The van der Waals surface area contributed by atoms with Crippen LogP contribution in [0.2, 0.25) is 5.02 Å². The predicted octanol–water partition coefficient (Wildman–Crippen LogP) is 2.21. The molecule has 2 fully saturated rings. The number of nitrogens with zero attached hydrogens (tertiary/aromatic N) is 1. The van der Waals surface area contributed by atoms with Gasteiger partial charge < -0.3 is 14.4 Å². The first-order chi connectivity index (χ1) is 13.8. The summed E-state index contributed by atoms with van der Waals surface area (Å²) in [6, 6.07) is 11.0. The minimum atomic E-state index is -4.08. The number of amides is 1. The Morgan fingerprint density at radius 1 is 1.07 bits per heavy atom. The number of ether oxygens (including phenoxy) is 2. The molecular weight excluding hydrogens is 418 g/mol. The molecule has 3 heterocycles. The van der Waals surface area contributed by atoms with Gasteiger partial charge in [-0.05, 0) is 48.4 Å². The van der Waals surface area contributed by atoms with Crippen LogP contribution in [0.25, 0.3) is 0 Å². The number of halogens is 1. The van der Waals surface area contributed by atoms with Gasteiger partial charge >= 0.3 is 0 Å². The van der Waals surface area contributed by atoms with Crippen LogP contribution in [0.15, 0.2) is 47.4 Å². The van der Waals surface area contributed by atoms with Crippen molar-refractivity contribution in [3.63, 3.8) is 0 Å². The molecule has 5 rings (SSSR count). The monoisotopic (exact) mass is 433 g/mol. The van der Waals surface area contributed by atoms with E-state index in [1.807, 2.05) is 6.07 Å². The van der Waals surface area contributed by atoms with Crippen LogP contribution in [-0.2, 0) is 25.8 Å². The maximum absolute atomic E-state index is 13.3. The lowest BCUT2D eigenvalue weighted by atomic mass is 9.93. The van der Waals surface area contributed by atoms with Gasteiger partial charge in [0.1, 0.15) is 0 Å². The number of benzene rings is 2. The minimum absolute atomic E-state index is 0.0171. The van der Waals surface area contributed by atoms with Gasteiger partial charge in [0.25, 0.3) is 0 Å². The summed E-state index contributed by atoms with van der Waals surface area (Å²) in [6.07, 6.45) is -0.00836. The van der Waals surface area contributed by atoms with Gasteiger partial charge in [0, 0.05) is 17.5 Å². The highest BCUT2D eigenvalue weighted by molar-refractivity contribution is 7.93. The average molecular weight is 434 g/mol. The summed E-state index contributed by atoms with van der Waals surface area (Å²) in [5, 5.41) is 0.390. The fraction of sp³-hybridized carbons (Fsp3) is 0.300. The summed E-state index contributed by atoms with van der Waals surface area (Å²) < 4.78 is 37.3. The van der Waals surface area contributed by atoms with E-state index >= 15 is 0 Å². The van der Waals surface area contributed by atoms with Crippen LogP contribution in [0.3, 0.4) is 0 Å². The van der Waals surface area contributed by atoms with Gasteiger partial charge in [0.15, 0.2) is 17.3 Å². The second-order valence-corrected chi connectivity index (χ2v) is 9.97. The van der Waals surface area contributed by atoms with Crippen LogP contribution in [0.4, 0.5) is 0 Å². The van der Waals surface area contributed by atoms with Crippen LogP contribution in [0, 0.1) is 5.92 Å². The van der Waals surface area contributed by atoms with Gasteiger partial charge in [-0.25, -0.2) is 8.42 Å². The molecule has 1 amide bonds. The van der Waals surface area contributed by atoms with E-state index in [4.69, 9.17) is 21.1 Å². The Kier molecular flexibility index (Phi) is 3.95. The zero-order chi connectivity index (χ0) is 20.4. The van der Waals surface area contributed by atoms with Gasteiger partial charge in [-0.3, -0.25) is 9.59 Å². The Balaban J connectivity index is 1.48. The Bertz CT molecular complexity index is 1150. The number of ketones is 1. The van der Waals surface area contributed by atoms with Crippen molar-refractivity contribution in [1.82, 2.24) is 4.90 Å². The zero-order valence-electron chi connectivity index (χ0n) is 15.1. The third-order valence-corrected chi connectivity index (χ3v) is 8.37. The number of carbonyl (C=O) groups is 2. The number of rotatable bonds is 4. The molecule has 0 bridgehead atoms. The van der Waals surface area contributed by atoms with Crippen LogP contribution >= 0.6 is 11.6 Å². The highest BCUT2D eigenvalue weighted by Gasteiger charge is 2.70. The molecule has 0 saturated carbocycles. The van der Waals surface area contributed by atoms with E-state index in [2.05, 4.69) is 0 Å². The number of sulfone groups is 1. The predicted molar refractivity (Wildman–Crippen MR) is 102 cm³/mol. The quantitative estimate of drug-likeness (QED) is 0.687. The molecule has 0 spiro atoms. The number of carbonyl (C=O) groups excluding carboxylic acids is 2. The van der Waals surface area contributed by atoms with Crippen molar-refractivity contribution in [3.05, 3.63) is 53.1 Å². The summed E-state index contributed by atoms with van der Waals surface area (Å²) in [5.41, 5.74) is 0.821. The summed E-state index contributed by atoms with van der Waals surface area (Å²) in [5.74, 6) is -0.152. The molecule has 2 aromatic rings. The van der Waals surface area contributed by atoms with Crippen molar-refractivity contribution in [2.45, 2.75) is 22.6 Å². The van der Waals surface area contributed by atoms with E-state index in [1.165, 1.54) is 29.2 Å². The van der Waals surface area contributed by atoms with Gasteiger partial charge in [0.05, 0.1) is 11.3 Å². The molecule has 0 aliphatic carbocycles. The van der Waals surface area contributed by atoms with E-state index in [0.717, 1.165) is 5.56 Å². The summed E-state index contributed by atoms with van der Waals surface area (Å²) in [7, 11) is -4.08. The Morgan fingerprint density at radius 2 is 1.79 bits per heavy atom. The van der Waals surface area contributed by atoms with Crippen molar-refractivity contribution in [1.29, 1.82) is 0 Å². The third kappa shape index (κ3) is 2.52. The summed E-state index contributed by atoms with van der Waals surface area (Å²) in [6.45, 7) is 0.227. The molecule has 2 aromatic carbocycles. The van der Waals surface area contributed by atoms with E-state index in [1.54, 1.807) is 12.1 Å². The van der Waals surface area contributed by atoms with E-state index in [-0.39, 0.29) is 30.6 Å². The molecule has 2 saturated heterocycles. The topological polar surface area (TPSA) is 90.0 Å². The number of hydrogen-bond donors (Lipinski definition) is 0. The standard InChI is InChI=1S/C20H16ClNO6S/c21-14-2-4-15(5-3-14)29(25,26)20-9-18(23)22(20)10-13(19(20)24)7-12-1-6-16-17(8-12)28-11-27-16/h1-6,8,13H,7,9-11H2. The lowest BCUT2D eigenvalue weighted by Crippen LogP contribution is -2.67. The van der Waals surface area contributed by atoms with Gasteiger partial charge in [0.2, 0.25) is 27.4 Å². The number of fused-ring (bicyclic) bond motifs is 2. The van der Waals surface area contributed by atoms with Gasteiger partial charge in [-0.1, -0.05) is 17.7 Å². The fourth-order valence-electron chi connectivity index (χ4n) is 4.29. The fourth-order valence-corrected chi connectivity index (χ4v) is 6.51. The van der Waals surface area contributed by atoms with E-state index in [0.29, 0.717) is 22.9 Å². The molecule has 2 atom stereocenters. The van der Waals surface area contributed by atoms with Crippen molar-refractivity contribution in [2.24, 2.45) is 5.92 Å². The molecule has 3 aliphatic heterocycles. The third-order valence-electron chi connectivity index (χ3n) is 5.77. The molecule has 0 N–H and O–H groups in total. The first-order valence-corrected chi connectivity index (χ1v) is 10.9. The number of Topliss-reactive ketones (excluding diaryl/α,β-unsaturated/α-hetero) is 1. The van der Waals surface area contributed by atoms with Crippen LogP contribution in [-0.4, -0.2) is 43.2 Å². The molecule has 29 heavy (non-hydrogen) atoms. The second-order valence-electron chi connectivity index (χ2n) is 7.38. The zero-order valence-corrected chi connectivity index (χ0v) is 16.7. The summed E-state index contributed by atoms with van der Waals surface area (Å²) >= 11 is 5.86. The lowest BCUT2D eigenvalue weighted by molar-refractivity contribution is -0.150. The molecule has 150 valence electrons. The first kappa shape index (κ1) is 18.4. The van der Waals surface area contributed by atoms with Crippen molar-refractivity contribution >= 4 is 33.1 Å². The highest BCUT2D eigenvalue weighted by atomic mass is 35.5. The van der Waals surface area contributed by atoms with E-state index < -0.39 is 26.4 Å². The first-order valence-electron chi connectivity index (χ1n) is 9.06. The summed E-state index contributed by atoms with van der Waals surface area (Å²) in [4.78, 5) is 24.9. The molecule has 2 unspecified atom stereocenters. The minimum Gasteiger partial charge on any atom is -0.454 e. The van der Waals surface area contributed by atoms with Gasteiger partial charge in [-0.2, -0.15) is 0 Å². The van der Waals surface area contributed by atoms with Crippen LogP contribution in [0.1, 0.15) is 12.0 Å². The largest absolute Gasteiger partial charge is 0.454 e. The Labute approximate surface area is 172 Å². The Hall–Kier alpha value is -2.58. The molecule has 9 heteroatoms. The Morgan fingerprint density at radius 3 is 2.52 bits per heavy atom. The number of β-lactam (4-membered cyclic amide) rings is 1. The van der Waals surface area contributed by atoms with E-state index in [9.17, 15) is 18.0 Å². The molecule has 3 aliphatic rings. The maximum atomic E-state index is 13.3. The average Bonchev–Trinajstić information content (AvgIpc) is 3.24. The van der Waals surface area contributed by atoms with Crippen molar-refractivity contribution < 1.29 is 27.5 Å². The SMILES string of the molecule is O=C1CC2(S(=O)(=O)c3ccc(Cl)cc3)C(=O)C(Cc3ccc4c(c3)OCO4)CN12. The lowest BCUT2D eigenvalue weighted by Gasteiger charge is -2.44. The molecule has 0 radical (unpaired) electrons. The highest BCUT2D eigenvalue weighted by Crippen LogP contribution is 2.49. The second kappa shape index (κ2) is 6.21. The normalized spacial score (nSPS) is 25.1. The molecular formula is C20H16ClNO6S. The number of hydrogen-bond acceptors (Lipinski definition) is 6. The smallest absolute Gasteiger partial charge is 0.231 e. The maximum Gasteiger partial charge on any atom is 0.231 e. The van der Waals surface area contributed by atoms with Gasteiger partial charge in [-0.15, -0.1) is 0 Å². The molecule has 0 aromatic heterocycles. The van der Waals surface area contributed by atoms with Crippen molar-refractivity contribution in [3.8, 4) is 11.5 Å². The molecule has 7 nitrogen and oxygen atoms in total. The van der Waals surface area contributed by atoms with Crippen molar-refractivity contribution in [2.75, 3.05) is 13.3 Å². The van der Waals surface area contributed by atoms with Crippen LogP contribution in [0.5, 0.6) is 11.5 Å².